The molecule has 2 amide bonds. The number of carbonyl (C=O) groups is 2. The van der Waals surface area contributed by atoms with Crippen molar-refractivity contribution in [2.75, 3.05) is 11.1 Å². The Kier molecular flexibility index (Phi) is 7.28. The highest BCUT2D eigenvalue weighted by Gasteiger charge is 2.34. The van der Waals surface area contributed by atoms with E-state index in [1.807, 2.05) is 0 Å². The van der Waals surface area contributed by atoms with Gasteiger partial charge in [0.1, 0.15) is 0 Å². The van der Waals surface area contributed by atoms with E-state index in [-0.39, 0.29) is 37.7 Å². The quantitative estimate of drug-likeness (QED) is 0.205. The van der Waals surface area contributed by atoms with Crippen molar-refractivity contribution < 1.29 is 41.0 Å². The normalized spacial score (nSPS) is 15.8. The Morgan fingerprint density at radius 2 is 1.48 bits per heavy atom. The van der Waals surface area contributed by atoms with Gasteiger partial charge in [0, 0.05) is 20.1 Å². The number of hydrogen-bond acceptors (Lipinski definition) is 4. The Hall–Kier alpha value is -2.32. The maximum Gasteiger partial charge on any atom is 0.416 e. The molecule has 0 spiro atoms. The Morgan fingerprint density at radius 3 is 2.00 bits per heavy atom. The van der Waals surface area contributed by atoms with Crippen molar-refractivity contribution in [3.8, 4) is 0 Å². The van der Waals surface area contributed by atoms with Crippen LogP contribution in [0.3, 0.4) is 0 Å². The minimum atomic E-state index is -4.52. The monoisotopic (exact) mass is 577 g/mol. The number of carbonyl (C=O) groups excluding carboxylic acids is 2. The average molecular weight is 579 g/mol. The minimum Gasteiger partial charge on any atom is -0.397 e. The lowest BCUT2D eigenvalue weighted by atomic mass is 10.1. The fourth-order valence-electron chi connectivity index (χ4n) is 2.39. The van der Waals surface area contributed by atoms with Crippen molar-refractivity contribution in [3.05, 3.63) is 55.5 Å². The van der Waals surface area contributed by atoms with Gasteiger partial charge < -0.3 is 21.5 Å². The van der Waals surface area contributed by atoms with E-state index < -0.39 is 35.7 Å². The number of nitrogens with one attached hydrogen (secondary N) is 2. The molecule has 0 saturated carbocycles. The maximum atomic E-state index is 12.5. The van der Waals surface area contributed by atoms with E-state index in [4.69, 9.17) is 5.73 Å². The predicted octanol–water partition coefficient (Wildman–Crippen LogP) is 5.46. The number of anilines is 2. The Balaban J connectivity index is 0.000000225. The fraction of sp³-hybridized carbons (Fsp3) is 0.176. The van der Waals surface area contributed by atoms with E-state index >= 15 is 0 Å². The third kappa shape index (κ3) is 5.89. The van der Waals surface area contributed by atoms with Gasteiger partial charge >= 0.3 is 18.4 Å². The van der Waals surface area contributed by atoms with E-state index in [1.54, 1.807) is 0 Å². The van der Waals surface area contributed by atoms with Gasteiger partial charge in [-0.2, -0.15) is 26.3 Å². The van der Waals surface area contributed by atoms with Crippen LogP contribution in [-0.2, 0) is 12.4 Å². The third-order valence-electron chi connectivity index (χ3n) is 3.86. The molecule has 2 aromatic carbocycles. The first-order chi connectivity index (χ1) is 14.1. The third-order valence-corrected chi connectivity index (χ3v) is 5.15. The summed E-state index contributed by atoms with van der Waals surface area (Å²) in [5.41, 5.74) is 3.49. The zero-order valence-corrected chi connectivity index (χ0v) is 18.0. The number of aliphatic hydroxyl groups is 1. The van der Waals surface area contributed by atoms with Crippen LogP contribution in [0.25, 0.3) is 0 Å². The number of alkyl halides is 6. The molecule has 1 unspecified atom stereocenters. The molecule has 3 rings (SSSR count). The molecule has 1 aliphatic heterocycles. The van der Waals surface area contributed by atoms with Crippen molar-refractivity contribution in [1.29, 1.82) is 0 Å². The number of halogens is 8. The van der Waals surface area contributed by atoms with Crippen LogP contribution in [0.15, 0.2) is 33.2 Å². The number of hydrogen-bond donors (Lipinski definition) is 4. The molecule has 168 valence electrons. The number of nitrogen functional groups attached to an aromatic ring is 1. The first kappa shape index (κ1) is 24.9. The van der Waals surface area contributed by atoms with Gasteiger partial charge in [-0.25, -0.2) is 4.79 Å². The molecule has 0 aromatic heterocycles. The van der Waals surface area contributed by atoms with Gasteiger partial charge in [-0.3, -0.25) is 4.79 Å². The highest BCUT2D eigenvalue weighted by atomic mass is 79.9. The molecule has 0 bridgehead atoms. The second kappa shape index (κ2) is 9.04. The van der Waals surface area contributed by atoms with Crippen LogP contribution >= 0.6 is 31.9 Å². The Labute approximate surface area is 187 Å². The lowest BCUT2D eigenvalue weighted by Crippen LogP contribution is -2.38. The molecule has 5 N–H and O–H groups in total. The molecular weight excluding hydrogens is 568 g/mol. The van der Waals surface area contributed by atoms with Crippen LogP contribution in [0.5, 0.6) is 0 Å². The summed E-state index contributed by atoms with van der Waals surface area (Å²) in [6.45, 7) is 0. The first-order valence-corrected chi connectivity index (χ1v) is 9.51. The van der Waals surface area contributed by atoms with Crippen LogP contribution in [0.1, 0.15) is 33.3 Å². The van der Waals surface area contributed by atoms with Crippen LogP contribution in [0.4, 0.5) is 42.5 Å². The summed E-state index contributed by atoms with van der Waals surface area (Å²) in [5, 5.41) is 13.9. The van der Waals surface area contributed by atoms with Crippen LogP contribution < -0.4 is 16.4 Å². The molecular formula is C17H11Br2F6N3O3. The average Bonchev–Trinajstić information content (AvgIpc) is 2.63. The molecule has 0 radical (unpaired) electrons. The SMILES string of the molecule is Nc1c(Br)cc(C(F)(F)F)cc1C=O.O=C1Nc2c(Br)cc(C(F)(F)F)cc2C(O)N1. The number of aldehydes is 1. The molecule has 2 aromatic rings. The minimum absolute atomic E-state index is 0.00741. The Bertz CT molecular complexity index is 1030. The van der Waals surface area contributed by atoms with Gasteiger partial charge in [-0.15, -0.1) is 0 Å². The molecule has 0 aliphatic carbocycles. The zero-order valence-electron chi connectivity index (χ0n) is 14.8. The number of benzene rings is 2. The summed E-state index contributed by atoms with van der Waals surface area (Å²) in [6.07, 6.45) is -10.2. The summed E-state index contributed by atoms with van der Waals surface area (Å²) in [4.78, 5) is 21.4. The van der Waals surface area contributed by atoms with Crippen LogP contribution in [0, 0.1) is 0 Å². The molecule has 1 atom stereocenters. The first-order valence-electron chi connectivity index (χ1n) is 7.92. The molecule has 6 nitrogen and oxygen atoms in total. The zero-order chi connectivity index (χ0) is 23.7. The van der Waals surface area contributed by atoms with Gasteiger partial charge in [0.25, 0.3) is 0 Å². The maximum absolute atomic E-state index is 12.5. The van der Waals surface area contributed by atoms with Gasteiger partial charge in [0.05, 0.1) is 22.5 Å². The van der Waals surface area contributed by atoms with Crippen LogP contribution in [-0.4, -0.2) is 17.4 Å². The van der Waals surface area contributed by atoms with E-state index in [0.717, 1.165) is 18.2 Å². The number of aliphatic hydroxyl groups excluding tert-OH is 1. The van der Waals surface area contributed by atoms with Gasteiger partial charge in [0.2, 0.25) is 0 Å². The summed E-state index contributed by atoms with van der Waals surface area (Å²) in [5.74, 6) is 0. The largest absolute Gasteiger partial charge is 0.416 e. The second-order valence-electron chi connectivity index (χ2n) is 6.00. The van der Waals surface area contributed by atoms with E-state index in [9.17, 15) is 41.0 Å². The number of urea groups is 1. The van der Waals surface area contributed by atoms with E-state index in [0.29, 0.717) is 6.07 Å². The van der Waals surface area contributed by atoms with Crippen molar-refractivity contribution in [1.82, 2.24) is 5.32 Å². The summed E-state index contributed by atoms with van der Waals surface area (Å²) >= 11 is 5.77. The summed E-state index contributed by atoms with van der Waals surface area (Å²) in [7, 11) is 0. The topological polar surface area (TPSA) is 104 Å². The van der Waals surface area contributed by atoms with Crippen molar-refractivity contribution in [2.45, 2.75) is 18.6 Å². The van der Waals surface area contributed by atoms with Gasteiger partial charge in [0.15, 0.2) is 12.5 Å². The standard InChI is InChI=1S/C9H6BrF3N2O2.C8H5BrF3NO/c10-5-2-3(9(11,12)13)1-4-6(5)14-8(17)15-7(4)16;9-6-2-5(8(10,11)12)1-4(3-14)7(6)13/h1-2,7,16H,(H2,14,15,17);1-3H,13H2. The summed E-state index contributed by atoms with van der Waals surface area (Å²) < 4.78 is 74.4. The molecule has 0 fully saturated rings. The highest BCUT2D eigenvalue weighted by Crippen LogP contribution is 2.39. The van der Waals surface area contributed by atoms with Crippen LogP contribution in [0.2, 0.25) is 0 Å². The van der Waals surface area contributed by atoms with E-state index in [2.05, 4.69) is 42.5 Å². The predicted molar refractivity (Wildman–Crippen MR) is 105 cm³/mol. The lowest BCUT2D eigenvalue weighted by Gasteiger charge is -2.25. The summed E-state index contributed by atoms with van der Waals surface area (Å²) in [6, 6.07) is 2.51. The smallest absolute Gasteiger partial charge is 0.397 e. The molecule has 1 aliphatic rings. The van der Waals surface area contributed by atoms with Gasteiger partial charge in [-0.1, -0.05) is 0 Å². The van der Waals surface area contributed by atoms with Gasteiger partial charge in [-0.05, 0) is 56.1 Å². The molecule has 31 heavy (non-hydrogen) atoms. The number of fused-ring (bicyclic) bond motifs is 1. The van der Waals surface area contributed by atoms with Crippen molar-refractivity contribution in [3.63, 3.8) is 0 Å². The second-order valence-corrected chi connectivity index (χ2v) is 7.71. The molecule has 0 saturated heterocycles. The number of amides is 2. The fourth-order valence-corrected chi connectivity index (χ4v) is 3.44. The number of nitrogens with two attached hydrogens (primary N) is 1. The Morgan fingerprint density at radius 1 is 0.968 bits per heavy atom. The molecule has 14 heteroatoms. The molecule has 1 heterocycles. The lowest BCUT2D eigenvalue weighted by molar-refractivity contribution is -0.138. The highest BCUT2D eigenvalue weighted by molar-refractivity contribution is 9.11. The number of rotatable bonds is 1. The van der Waals surface area contributed by atoms with Crippen molar-refractivity contribution >= 4 is 55.6 Å². The van der Waals surface area contributed by atoms with Crippen molar-refractivity contribution in [2.24, 2.45) is 0 Å². The van der Waals surface area contributed by atoms with E-state index in [1.165, 1.54) is 0 Å².